The number of hydrogen-bond donors (Lipinski definition) is 5. The second-order valence-corrected chi connectivity index (χ2v) is 14.2. The molecule has 11 heteroatoms. The van der Waals surface area contributed by atoms with Crippen molar-refractivity contribution in [1.29, 1.82) is 0 Å². The highest BCUT2D eigenvalue weighted by molar-refractivity contribution is 5.70. The Labute approximate surface area is 288 Å². The molecule has 0 aromatic heterocycles. The second kappa shape index (κ2) is 21.1. The SMILES string of the molecule is CCC(OC)C(C)CC(O)C(O)C(C)/C=C/C=C(\C)C1OC(=O)CC(O)CCC(C)(O)C(OC(=O)NCCCN2CCCC2)/C=C/C1C. The molecule has 1 amide bonds. The lowest BCUT2D eigenvalue weighted by atomic mass is 9.88. The van der Waals surface area contributed by atoms with Crippen LogP contribution in [0.15, 0.2) is 36.0 Å². The fourth-order valence-electron chi connectivity index (χ4n) is 6.52. The van der Waals surface area contributed by atoms with Gasteiger partial charge in [-0.25, -0.2) is 4.79 Å². The fourth-order valence-corrected chi connectivity index (χ4v) is 6.52. The summed E-state index contributed by atoms with van der Waals surface area (Å²) in [5.41, 5.74) is -0.776. The predicted molar refractivity (Wildman–Crippen MR) is 186 cm³/mol. The normalized spacial score (nSPS) is 30.4. The zero-order valence-corrected chi connectivity index (χ0v) is 30.3. The van der Waals surface area contributed by atoms with Crippen LogP contribution in [0.3, 0.4) is 0 Å². The van der Waals surface area contributed by atoms with Crippen LogP contribution in [0.4, 0.5) is 4.79 Å². The Balaban J connectivity index is 2.13. The smallest absolute Gasteiger partial charge is 0.407 e. The van der Waals surface area contributed by atoms with Crippen LogP contribution < -0.4 is 5.32 Å². The van der Waals surface area contributed by atoms with E-state index < -0.39 is 48.2 Å². The number of amides is 1. The number of carbonyl (C=O) groups excluding carboxylic acids is 2. The molecule has 0 bridgehead atoms. The Morgan fingerprint density at radius 1 is 1.23 bits per heavy atom. The van der Waals surface area contributed by atoms with Gasteiger partial charge in [0.2, 0.25) is 0 Å². The molecule has 0 aromatic carbocycles. The molecule has 2 aliphatic rings. The number of esters is 1. The minimum Gasteiger partial charge on any atom is -0.457 e. The van der Waals surface area contributed by atoms with E-state index in [2.05, 4.69) is 10.2 Å². The summed E-state index contributed by atoms with van der Waals surface area (Å²) >= 11 is 0. The third-order valence-electron chi connectivity index (χ3n) is 9.79. The maximum absolute atomic E-state index is 12.8. The maximum Gasteiger partial charge on any atom is 0.407 e. The molecule has 0 radical (unpaired) electrons. The molecule has 11 nitrogen and oxygen atoms in total. The molecular weight excluding hydrogens is 616 g/mol. The van der Waals surface area contributed by atoms with Gasteiger partial charge in [0.25, 0.3) is 0 Å². The highest BCUT2D eigenvalue weighted by Crippen LogP contribution is 2.27. The van der Waals surface area contributed by atoms with E-state index in [0.717, 1.165) is 32.5 Å². The van der Waals surface area contributed by atoms with Crippen molar-refractivity contribution in [1.82, 2.24) is 10.2 Å². The van der Waals surface area contributed by atoms with Crippen molar-refractivity contribution in [3.8, 4) is 0 Å². The van der Waals surface area contributed by atoms with E-state index in [1.807, 2.05) is 34.6 Å². The Morgan fingerprint density at radius 2 is 1.92 bits per heavy atom. The van der Waals surface area contributed by atoms with Crippen LogP contribution in [0, 0.1) is 17.8 Å². The van der Waals surface area contributed by atoms with Gasteiger partial charge in [-0.2, -0.15) is 0 Å². The maximum atomic E-state index is 12.8. The molecule has 2 aliphatic heterocycles. The van der Waals surface area contributed by atoms with Crippen LogP contribution >= 0.6 is 0 Å². The number of methoxy groups -OCH3 is 1. The zero-order valence-electron chi connectivity index (χ0n) is 30.3. The van der Waals surface area contributed by atoms with Gasteiger partial charge < -0.3 is 44.9 Å². The number of nitrogens with zero attached hydrogens (tertiary/aromatic N) is 1. The minimum absolute atomic E-state index is 0.00805. The van der Waals surface area contributed by atoms with E-state index in [9.17, 15) is 30.0 Å². The fraction of sp³-hybridized carbons (Fsp3) is 0.784. The van der Waals surface area contributed by atoms with Gasteiger partial charge in [0.05, 0.1) is 30.8 Å². The average molecular weight is 681 g/mol. The monoisotopic (exact) mass is 680 g/mol. The number of rotatable bonds is 15. The number of carbonyl (C=O) groups is 2. The number of likely N-dealkylation sites (tertiary alicyclic amines) is 1. The summed E-state index contributed by atoms with van der Waals surface area (Å²) in [6.45, 7) is 14.6. The van der Waals surface area contributed by atoms with E-state index in [1.54, 1.807) is 44.4 Å². The zero-order chi connectivity index (χ0) is 35.9. The van der Waals surface area contributed by atoms with Crippen LogP contribution in [0.5, 0.6) is 0 Å². The summed E-state index contributed by atoms with van der Waals surface area (Å²) in [6.07, 6.45) is 7.91. The van der Waals surface area contributed by atoms with Gasteiger partial charge in [-0.15, -0.1) is 0 Å². The number of aliphatic hydroxyl groups excluding tert-OH is 3. The first-order valence-corrected chi connectivity index (χ1v) is 17.9. The van der Waals surface area contributed by atoms with Gasteiger partial charge in [-0.05, 0) is 96.0 Å². The Kier molecular flexibility index (Phi) is 18.4. The predicted octanol–water partition coefficient (Wildman–Crippen LogP) is 4.28. The van der Waals surface area contributed by atoms with Gasteiger partial charge in [-0.3, -0.25) is 4.79 Å². The van der Waals surface area contributed by atoms with Crippen LogP contribution in [-0.4, -0.2) is 113 Å². The number of hydrogen-bond acceptors (Lipinski definition) is 10. The van der Waals surface area contributed by atoms with Gasteiger partial charge in [0.15, 0.2) is 6.10 Å². The van der Waals surface area contributed by atoms with Gasteiger partial charge >= 0.3 is 12.1 Å². The molecule has 0 aromatic rings. The molecule has 5 N–H and O–H groups in total. The first-order chi connectivity index (χ1) is 22.7. The second-order valence-electron chi connectivity index (χ2n) is 14.2. The number of allylic oxidation sites excluding steroid dienone is 2. The molecule has 0 aliphatic carbocycles. The van der Waals surface area contributed by atoms with Gasteiger partial charge in [0, 0.05) is 25.5 Å². The van der Waals surface area contributed by atoms with Gasteiger partial charge in [-0.1, -0.05) is 52.0 Å². The molecule has 10 atom stereocenters. The highest BCUT2D eigenvalue weighted by atomic mass is 16.6. The van der Waals surface area contributed by atoms with Crippen molar-refractivity contribution in [2.45, 2.75) is 135 Å². The minimum atomic E-state index is -1.49. The van der Waals surface area contributed by atoms with Crippen LogP contribution in [0.25, 0.3) is 0 Å². The number of aliphatic hydroxyl groups is 4. The molecule has 2 rings (SSSR count). The van der Waals surface area contributed by atoms with E-state index in [-0.39, 0.29) is 43.1 Å². The van der Waals surface area contributed by atoms with Crippen LogP contribution in [0.2, 0.25) is 0 Å². The third kappa shape index (κ3) is 14.3. The summed E-state index contributed by atoms with van der Waals surface area (Å²) in [7, 11) is 1.65. The Hall–Kier alpha value is -2.28. The summed E-state index contributed by atoms with van der Waals surface area (Å²) in [4.78, 5) is 27.9. The molecule has 48 heavy (non-hydrogen) atoms. The highest BCUT2D eigenvalue weighted by Gasteiger charge is 2.35. The summed E-state index contributed by atoms with van der Waals surface area (Å²) in [6, 6.07) is 0. The van der Waals surface area contributed by atoms with Crippen molar-refractivity contribution < 1.29 is 44.2 Å². The largest absolute Gasteiger partial charge is 0.457 e. The Bertz CT molecular complexity index is 1050. The quantitative estimate of drug-likeness (QED) is 0.0732. The first-order valence-electron chi connectivity index (χ1n) is 17.9. The standard InChI is InChI=1S/C37H64N2O9/c1-8-31(46-7)28(5)23-30(41)34(43)25(2)13-11-14-26(3)35-27(4)15-16-32(37(6,45)18-17-29(40)24-33(42)48-35)47-36(44)38-19-12-22-39-20-9-10-21-39/h11,13-16,25,27-32,34-35,40-41,43,45H,8-10,12,17-24H2,1-7H3,(H,38,44)/b13-11+,16-15+,26-14+. The molecular formula is C37H64N2O9. The van der Waals surface area contributed by atoms with Crippen molar-refractivity contribution in [3.63, 3.8) is 0 Å². The summed E-state index contributed by atoms with van der Waals surface area (Å²) in [5.74, 6) is -1.20. The number of ether oxygens (including phenoxy) is 3. The average Bonchev–Trinajstić information content (AvgIpc) is 3.56. The molecule has 276 valence electrons. The number of nitrogens with one attached hydrogen (secondary N) is 1. The van der Waals surface area contributed by atoms with E-state index in [0.29, 0.717) is 18.5 Å². The first kappa shape index (κ1) is 41.9. The molecule has 0 spiro atoms. The molecule has 1 saturated heterocycles. The Morgan fingerprint density at radius 3 is 2.56 bits per heavy atom. The van der Waals surface area contributed by atoms with Crippen molar-refractivity contribution in [2.24, 2.45) is 17.8 Å². The molecule has 2 heterocycles. The lowest BCUT2D eigenvalue weighted by molar-refractivity contribution is -0.151. The van der Waals surface area contributed by atoms with Crippen molar-refractivity contribution in [2.75, 3.05) is 33.3 Å². The van der Waals surface area contributed by atoms with Gasteiger partial charge in [0.1, 0.15) is 11.7 Å². The van der Waals surface area contributed by atoms with E-state index >= 15 is 0 Å². The number of cyclic esters (lactones) is 1. The van der Waals surface area contributed by atoms with Crippen LogP contribution in [-0.2, 0) is 19.0 Å². The topological polar surface area (TPSA) is 158 Å². The lowest BCUT2D eigenvalue weighted by Gasteiger charge is -2.32. The van der Waals surface area contributed by atoms with Crippen molar-refractivity contribution >= 4 is 12.1 Å². The van der Waals surface area contributed by atoms with E-state index in [1.165, 1.54) is 12.8 Å². The van der Waals surface area contributed by atoms with Crippen LogP contribution in [0.1, 0.15) is 92.9 Å². The summed E-state index contributed by atoms with van der Waals surface area (Å²) in [5, 5.41) is 46.1. The molecule has 0 saturated carbocycles. The summed E-state index contributed by atoms with van der Waals surface area (Å²) < 4.78 is 17.0. The third-order valence-corrected chi connectivity index (χ3v) is 9.79. The van der Waals surface area contributed by atoms with E-state index in [4.69, 9.17) is 14.2 Å². The molecule has 10 unspecified atom stereocenters. The van der Waals surface area contributed by atoms with Crippen molar-refractivity contribution in [3.05, 3.63) is 36.0 Å². The molecule has 1 fully saturated rings. The lowest BCUT2D eigenvalue weighted by Crippen LogP contribution is -2.44. The number of alkyl carbamates (subject to hydrolysis) is 1.